The molecule has 0 aliphatic heterocycles. The molecular formula is C26H30N2O4. The number of hydrogen-bond acceptors (Lipinski definition) is 4. The van der Waals surface area contributed by atoms with Crippen LogP contribution in [0, 0.1) is 5.92 Å². The van der Waals surface area contributed by atoms with Crippen LogP contribution in [0.5, 0.6) is 5.75 Å². The van der Waals surface area contributed by atoms with Gasteiger partial charge in [-0.25, -0.2) is 0 Å². The van der Waals surface area contributed by atoms with Gasteiger partial charge in [0.2, 0.25) is 0 Å². The van der Waals surface area contributed by atoms with Crippen LogP contribution in [-0.2, 0) is 4.79 Å². The number of aliphatic hydroxyl groups excluding tert-OH is 1. The van der Waals surface area contributed by atoms with Gasteiger partial charge < -0.3 is 20.5 Å². The summed E-state index contributed by atoms with van der Waals surface area (Å²) < 4.78 is 5.73. The highest BCUT2D eigenvalue weighted by Crippen LogP contribution is 2.40. The molecule has 6 heteroatoms. The first-order valence-corrected chi connectivity index (χ1v) is 11.4. The number of carbonyl (C=O) groups excluding carboxylic acids is 2. The van der Waals surface area contributed by atoms with Gasteiger partial charge in [-0.1, -0.05) is 37.1 Å². The molecule has 6 nitrogen and oxygen atoms in total. The van der Waals surface area contributed by atoms with E-state index in [1.54, 1.807) is 30.3 Å². The molecule has 0 bridgehead atoms. The van der Waals surface area contributed by atoms with E-state index in [1.807, 2.05) is 12.1 Å². The Kier molecular flexibility index (Phi) is 7.22. The Balaban J connectivity index is 1.41. The summed E-state index contributed by atoms with van der Waals surface area (Å²) >= 11 is 0. The highest BCUT2D eigenvalue weighted by Gasteiger charge is 2.23. The molecule has 32 heavy (non-hydrogen) atoms. The van der Waals surface area contributed by atoms with E-state index in [1.165, 1.54) is 31.2 Å². The second kappa shape index (κ2) is 10.5. The zero-order valence-electron chi connectivity index (χ0n) is 18.2. The average molecular weight is 435 g/mol. The summed E-state index contributed by atoms with van der Waals surface area (Å²) in [4.78, 5) is 25.3. The van der Waals surface area contributed by atoms with Gasteiger partial charge in [-0.15, -0.1) is 0 Å². The van der Waals surface area contributed by atoms with Crippen LogP contribution in [0.2, 0.25) is 0 Å². The first-order valence-electron chi connectivity index (χ1n) is 11.4. The third-order valence-electron chi connectivity index (χ3n) is 5.79. The van der Waals surface area contributed by atoms with Crippen LogP contribution < -0.4 is 15.4 Å². The minimum absolute atomic E-state index is 0.111. The minimum atomic E-state index is -0.446. The number of nitrogens with one attached hydrogen (secondary N) is 2. The van der Waals surface area contributed by atoms with Crippen LogP contribution in [0.15, 0.2) is 54.2 Å². The smallest absolute Gasteiger partial charge is 0.267 e. The lowest BCUT2D eigenvalue weighted by Gasteiger charge is -2.11. The fraction of sp³-hybridized carbons (Fsp3) is 0.385. The summed E-state index contributed by atoms with van der Waals surface area (Å²) in [5.41, 5.74) is 2.69. The summed E-state index contributed by atoms with van der Waals surface area (Å²) in [5, 5.41) is 14.3. The van der Waals surface area contributed by atoms with Crippen LogP contribution in [0.3, 0.4) is 0 Å². The maximum Gasteiger partial charge on any atom is 0.267 e. The third kappa shape index (κ3) is 6.44. The van der Waals surface area contributed by atoms with Crippen molar-refractivity contribution in [2.45, 2.75) is 38.0 Å². The van der Waals surface area contributed by atoms with Crippen LogP contribution in [0.1, 0.15) is 59.5 Å². The molecule has 4 rings (SSSR count). The van der Waals surface area contributed by atoms with E-state index in [4.69, 9.17) is 9.84 Å². The van der Waals surface area contributed by atoms with Crippen molar-refractivity contribution in [3.63, 3.8) is 0 Å². The number of rotatable bonds is 11. The van der Waals surface area contributed by atoms with Crippen molar-refractivity contribution in [3.05, 3.63) is 70.9 Å². The van der Waals surface area contributed by atoms with Crippen molar-refractivity contribution in [2.75, 3.05) is 19.8 Å². The van der Waals surface area contributed by atoms with Crippen molar-refractivity contribution in [2.24, 2.45) is 5.92 Å². The molecule has 0 atom stereocenters. The summed E-state index contributed by atoms with van der Waals surface area (Å²) in [6.07, 6.45) is 7.77. The molecule has 2 aliphatic rings. The normalized spacial score (nSPS) is 15.8. The first kappa shape index (κ1) is 22.1. The number of hydrogen-bond donors (Lipinski definition) is 3. The van der Waals surface area contributed by atoms with E-state index in [0.717, 1.165) is 23.7 Å². The van der Waals surface area contributed by atoms with Gasteiger partial charge >= 0.3 is 0 Å². The highest BCUT2D eigenvalue weighted by molar-refractivity contribution is 6.05. The number of aliphatic hydroxyl groups is 1. The number of carbonyl (C=O) groups is 2. The molecule has 2 amide bonds. The molecule has 0 aromatic heterocycles. The van der Waals surface area contributed by atoms with Gasteiger partial charge in [-0.05, 0) is 72.6 Å². The Hall–Kier alpha value is -3.12. The molecule has 168 valence electrons. The molecule has 0 radical (unpaired) electrons. The van der Waals surface area contributed by atoms with Crippen LogP contribution in [0.4, 0.5) is 0 Å². The van der Waals surface area contributed by atoms with Gasteiger partial charge in [-0.3, -0.25) is 9.59 Å². The Morgan fingerprint density at radius 1 is 1.00 bits per heavy atom. The lowest BCUT2D eigenvalue weighted by Crippen LogP contribution is -2.36. The third-order valence-corrected chi connectivity index (χ3v) is 5.79. The molecular weight excluding hydrogens is 404 g/mol. The van der Waals surface area contributed by atoms with Crippen LogP contribution in [-0.4, -0.2) is 36.7 Å². The van der Waals surface area contributed by atoms with Crippen molar-refractivity contribution in [1.29, 1.82) is 0 Å². The number of amides is 2. The van der Waals surface area contributed by atoms with E-state index in [-0.39, 0.29) is 24.8 Å². The highest BCUT2D eigenvalue weighted by atomic mass is 16.5. The number of benzene rings is 2. The van der Waals surface area contributed by atoms with Crippen molar-refractivity contribution in [1.82, 2.24) is 10.6 Å². The Morgan fingerprint density at radius 2 is 1.72 bits per heavy atom. The first-order chi connectivity index (χ1) is 15.6. The standard InChI is InChI=1S/C26H30N2O4/c29-15-14-27-26(31)24(17-19-3-5-20(6-4-19)21-7-8-21)28-25(30)22-9-11-23(12-10-22)32-16-13-18-1-2-18/h3-6,9-12,17-18,21,29H,1-2,7-8,13-16H2,(H,27,31)(H,28,30)/b24-17+. The van der Waals surface area contributed by atoms with Gasteiger partial charge in [0.05, 0.1) is 13.2 Å². The van der Waals surface area contributed by atoms with Crippen LogP contribution >= 0.6 is 0 Å². The fourth-order valence-corrected chi connectivity index (χ4v) is 3.52. The molecule has 0 saturated heterocycles. The second-order valence-corrected chi connectivity index (χ2v) is 8.54. The van der Waals surface area contributed by atoms with Crippen molar-refractivity contribution >= 4 is 17.9 Å². The maximum atomic E-state index is 12.8. The van der Waals surface area contributed by atoms with E-state index < -0.39 is 5.91 Å². The number of ether oxygens (including phenoxy) is 1. The minimum Gasteiger partial charge on any atom is -0.494 e. The maximum absolute atomic E-state index is 12.8. The lowest BCUT2D eigenvalue weighted by molar-refractivity contribution is -0.117. The van der Waals surface area contributed by atoms with Gasteiger partial charge in [0.1, 0.15) is 11.4 Å². The average Bonchev–Trinajstić information content (AvgIpc) is 3.72. The Labute approximate surface area is 188 Å². The Morgan fingerprint density at radius 3 is 2.34 bits per heavy atom. The fourth-order valence-electron chi connectivity index (χ4n) is 3.52. The summed E-state index contributed by atoms with van der Waals surface area (Å²) in [6.45, 7) is 0.623. The van der Waals surface area contributed by atoms with Crippen LogP contribution in [0.25, 0.3) is 6.08 Å². The topological polar surface area (TPSA) is 87.7 Å². The van der Waals surface area contributed by atoms with Gasteiger partial charge in [0.15, 0.2) is 0 Å². The molecule has 2 aromatic carbocycles. The molecule has 2 fully saturated rings. The molecule has 0 spiro atoms. The lowest BCUT2D eigenvalue weighted by atomic mass is 10.1. The molecule has 0 unspecified atom stereocenters. The summed E-state index contributed by atoms with van der Waals surface area (Å²) in [7, 11) is 0. The van der Waals surface area contributed by atoms with E-state index in [0.29, 0.717) is 18.1 Å². The Bertz CT molecular complexity index is 958. The summed E-state index contributed by atoms with van der Waals surface area (Å²) in [6, 6.07) is 15.0. The zero-order valence-corrected chi connectivity index (χ0v) is 18.2. The predicted molar refractivity (Wildman–Crippen MR) is 123 cm³/mol. The monoisotopic (exact) mass is 434 g/mol. The summed E-state index contributed by atoms with van der Waals surface area (Å²) in [5.74, 6) is 1.37. The van der Waals surface area contributed by atoms with Gasteiger partial charge in [0.25, 0.3) is 11.8 Å². The van der Waals surface area contributed by atoms with Crippen molar-refractivity contribution in [3.8, 4) is 5.75 Å². The molecule has 3 N–H and O–H groups in total. The predicted octanol–water partition coefficient (Wildman–Crippen LogP) is 3.62. The van der Waals surface area contributed by atoms with Gasteiger partial charge in [-0.2, -0.15) is 0 Å². The van der Waals surface area contributed by atoms with E-state index >= 15 is 0 Å². The molecule has 2 saturated carbocycles. The quantitative estimate of drug-likeness (QED) is 0.472. The molecule has 2 aromatic rings. The van der Waals surface area contributed by atoms with E-state index in [9.17, 15) is 9.59 Å². The zero-order chi connectivity index (χ0) is 22.3. The largest absolute Gasteiger partial charge is 0.494 e. The van der Waals surface area contributed by atoms with Gasteiger partial charge in [0, 0.05) is 12.1 Å². The second-order valence-electron chi connectivity index (χ2n) is 8.54. The van der Waals surface area contributed by atoms with E-state index in [2.05, 4.69) is 22.8 Å². The molecule has 2 aliphatic carbocycles. The molecule has 0 heterocycles. The van der Waals surface area contributed by atoms with Crippen molar-refractivity contribution < 1.29 is 19.4 Å². The SMILES string of the molecule is O=C(NCCO)/C(=C\c1ccc(C2CC2)cc1)NC(=O)c1ccc(OCCC2CC2)cc1.